The lowest BCUT2D eigenvalue weighted by molar-refractivity contribution is -0.385. The zero-order chi connectivity index (χ0) is 29.5. The summed E-state index contributed by atoms with van der Waals surface area (Å²) in [6, 6.07) is 11.9. The molecule has 0 aromatic heterocycles. The standard InChI is InChI=1S/C30H38FN3O6Si/c1-20-28(41(2,3)31)26(14-16-35)40-30(20)24-18-23(34(38)39)12-13-25(24)33(29(30)37)19-21-9-8-10-22(17-21)32-15-7-5-4-6-11-27(32)36/h8-10,12-13,17-18,20,26,28,35H,4-7,11,14-16,19H2,1-3H3/t20-,26+,28-,30+/m1/s1. The van der Waals surface area contributed by atoms with Gasteiger partial charge >= 0.3 is 0 Å². The average molecular weight is 584 g/mol. The number of nitro benzene ring substituents is 1. The first-order valence-electron chi connectivity index (χ1n) is 14.5. The third kappa shape index (κ3) is 5.19. The third-order valence-electron chi connectivity index (χ3n) is 8.96. The van der Waals surface area contributed by atoms with Gasteiger partial charge in [-0.2, -0.15) is 0 Å². The number of aliphatic hydroxyl groups is 1. The molecular weight excluding hydrogens is 545 g/mol. The molecule has 11 heteroatoms. The first-order valence-corrected chi connectivity index (χ1v) is 17.4. The van der Waals surface area contributed by atoms with Gasteiger partial charge in [-0.15, -0.1) is 0 Å². The van der Waals surface area contributed by atoms with Crippen LogP contribution in [0.5, 0.6) is 0 Å². The third-order valence-corrected chi connectivity index (χ3v) is 11.4. The fourth-order valence-corrected chi connectivity index (χ4v) is 9.68. The van der Waals surface area contributed by atoms with Gasteiger partial charge in [0.05, 0.1) is 23.3 Å². The second-order valence-corrected chi connectivity index (χ2v) is 15.8. The van der Waals surface area contributed by atoms with Gasteiger partial charge in [0.2, 0.25) is 14.3 Å². The van der Waals surface area contributed by atoms with E-state index in [2.05, 4.69) is 0 Å². The molecule has 5 rings (SSSR count). The Kier molecular flexibility index (Phi) is 8.06. The highest BCUT2D eigenvalue weighted by Crippen LogP contribution is 2.60. The quantitative estimate of drug-likeness (QED) is 0.197. The summed E-state index contributed by atoms with van der Waals surface area (Å²) in [5.74, 6) is -0.909. The van der Waals surface area contributed by atoms with Crippen molar-refractivity contribution in [1.29, 1.82) is 0 Å². The number of anilines is 2. The number of aliphatic hydroxyl groups excluding tert-OH is 1. The molecule has 1 spiro atoms. The van der Waals surface area contributed by atoms with E-state index in [4.69, 9.17) is 4.74 Å². The Bertz CT molecular complexity index is 1350. The van der Waals surface area contributed by atoms with E-state index in [1.54, 1.807) is 31.0 Å². The maximum Gasteiger partial charge on any atom is 0.269 e. The molecule has 2 saturated heterocycles. The molecule has 2 aromatic rings. The van der Waals surface area contributed by atoms with E-state index in [0.29, 0.717) is 24.2 Å². The van der Waals surface area contributed by atoms with Crippen LogP contribution in [-0.2, 0) is 26.5 Å². The Morgan fingerprint density at radius 1 is 1.15 bits per heavy atom. The van der Waals surface area contributed by atoms with Gasteiger partial charge in [0.15, 0.2) is 5.60 Å². The SMILES string of the molecule is C[C@@H]1[C@@H]([Si](C)(C)F)[C@H](CCO)O[C@@]12C(=O)N(Cc1cccc(N3CCCCCCC3=O)c1)c1ccc([N+](=O)[O-])cc12. The predicted octanol–water partition coefficient (Wildman–Crippen LogP) is 5.60. The minimum Gasteiger partial charge on any atom is -0.396 e. The predicted molar refractivity (Wildman–Crippen MR) is 156 cm³/mol. The Balaban J connectivity index is 1.55. The van der Waals surface area contributed by atoms with Crippen molar-refractivity contribution < 1.29 is 28.5 Å². The number of rotatable bonds is 7. The van der Waals surface area contributed by atoms with Gasteiger partial charge in [-0.1, -0.05) is 31.9 Å². The molecule has 2 amide bonds. The number of non-ortho nitro benzene ring substituents is 1. The zero-order valence-electron chi connectivity index (χ0n) is 23.8. The second-order valence-electron chi connectivity index (χ2n) is 12.0. The number of fused-ring (bicyclic) bond motifs is 2. The van der Waals surface area contributed by atoms with Crippen molar-refractivity contribution in [2.24, 2.45) is 5.92 Å². The average Bonchev–Trinajstić information content (AvgIpc) is 3.33. The maximum absolute atomic E-state index is 15.7. The molecule has 0 radical (unpaired) electrons. The van der Waals surface area contributed by atoms with E-state index < -0.39 is 42.4 Å². The molecule has 0 aliphatic carbocycles. The molecule has 1 N–H and O–H groups in total. The maximum atomic E-state index is 15.7. The first-order chi connectivity index (χ1) is 19.5. The van der Waals surface area contributed by atoms with Crippen molar-refractivity contribution in [3.63, 3.8) is 0 Å². The van der Waals surface area contributed by atoms with Crippen LogP contribution in [0.15, 0.2) is 42.5 Å². The number of carbonyl (C=O) groups is 2. The van der Waals surface area contributed by atoms with Gasteiger partial charge < -0.3 is 23.8 Å². The molecule has 0 bridgehead atoms. The first kappa shape index (κ1) is 29.3. The number of carbonyl (C=O) groups excluding carboxylic acids is 2. The van der Waals surface area contributed by atoms with Gasteiger partial charge in [0.1, 0.15) is 0 Å². The van der Waals surface area contributed by atoms with Crippen molar-refractivity contribution in [2.75, 3.05) is 23.0 Å². The summed E-state index contributed by atoms with van der Waals surface area (Å²) in [6.07, 6.45) is 3.90. The molecular formula is C30H38FN3O6Si. The number of halogens is 1. The Morgan fingerprint density at radius 3 is 2.61 bits per heavy atom. The highest BCUT2D eigenvalue weighted by molar-refractivity contribution is 6.72. The van der Waals surface area contributed by atoms with Crippen molar-refractivity contribution in [3.05, 3.63) is 63.7 Å². The second kappa shape index (κ2) is 11.3. The number of amides is 2. The summed E-state index contributed by atoms with van der Waals surface area (Å²) in [7, 11) is -3.38. The lowest BCUT2D eigenvalue weighted by Crippen LogP contribution is -2.45. The zero-order valence-corrected chi connectivity index (χ0v) is 24.8. The normalized spacial score (nSPS) is 26.8. The van der Waals surface area contributed by atoms with E-state index in [1.807, 2.05) is 29.2 Å². The van der Waals surface area contributed by atoms with E-state index in [0.717, 1.165) is 36.9 Å². The smallest absolute Gasteiger partial charge is 0.269 e. The number of hydrogen-bond acceptors (Lipinski definition) is 6. The summed E-state index contributed by atoms with van der Waals surface area (Å²) < 4.78 is 22.2. The summed E-state index contributed by atoms with van der Waals surface area (Å²) in [5, 5.41) is 21.5. The van der Waals surface area contributed by atoms with Crippen molar-refractivity contribution in [2.45, 2.75) is 82.3 Å². The fraction of sp³-hybridized carbons (Fsp3) is 0.533. The van der Waals surface area contributed by atoms with Crippen molar-refractivity contribution in [1.82, 2.24) is 0 Å². The molecule has 4 atom stereocenters. The molecule has 9 nitrogen and oxygen atoms in total. The van der Waals surface area contributed by atoms with Gasteiger partial charge in [-0.05, 0) is 56.1 Å². The lowest BCUT2D eigenvalue weighted by Gasteiger charge is -2.31. The van der Waals surface area contributed by atoms with Gasteiger partial charge in [0.25, 0.3) is 11.6 Å². The van der Waals surface area contributed by atoms with Crippen LogP contribution in [0.2, 0.25) is 18.6 Å². The molecule has 0 unspecified atom stereocenters. The van der Waals surface area contributed by atoms with E-state index in [-0.39, 0.29) is 31.2 Å². The Morgan fingerprint density at radius 2 is 1.90 bits per heavy atom. The molecule has 3 heterocycles. The number of benzene rings is 2. The molecule has 220 valence electrons. The molecule has 2 aromatic carbocycles. The van der Waals surface area contributed by atoms with Crippen molar-refractivity contribution in [3.8, 4) is 0 Å². The summed E-state index contributed by atoms with van der Waals surface area (Å²) in [5.41, 5.74) is 0.0561. The molecule has 3 aliphatic rings. The Hall–Kier alpha value is -3.15. The van der Waals surface area contributed by atoms with Crippen LogP contribution in [0.4, 0.5) is 21.2 Å². The van der Waals surface area contributed by atoms with Crippen LogP contribution in [0.1, 0.15) is 56.6 Å². The highest BCUT2D eigenvalue weighted by Gasteiger charge is 2.66. The fourth-order valence-electron chi connectivity index (χ4n) is 7.14. The molecule has 41 heavy (non-hydrogen) atoms. The Labute approximate surface area is 240 Å². The lowest BCUT2D eigenvalue weighted by atomic mass is 9.82. The van der Waals surface area contributed by atoms with Crippen LogP contribution >= 0.6 is 0 Å². The van der Waals surface area contributed by atoms with Gasteiger partial charge in [0, 0.05) is 54.4 Å². The van der Waals surface area contributed by atoms with Crippen LogP contribution in [0, 0.1) is 16.0 Å². The monoisotopic (exact) mass is 583 g/mol. The minimum atomic E-state index is -3.38. The van der Waals surface area contributed by atoms with Crippen LogP contribution in [0.25, 0.3) is 0 Å². The van der Waals surface area contributed by atoms with Crippen LogP contribution in [-0.4, -0.2) is 49.5 Å². The minimum absolute atomic E-state index is 0.0860. The molecule has 0 saturated carbocycles. The van der Waals surface area contributed by atoms with Gasteiger partial charge in [-0.3, -0.25) is 19.7 Å². The number of nitrogens with zero attached hydrogens (tertiary/aromatic N) is 3. The van der Waals surface area contributed by atoms with Gasteiger partial charge in [-0.25, -0.2) is 0 Å². The largest absolute Gasteiger partial charge is 0.396 e. The summed E-state index contributed by atoms with van der Waals surface area (Å²) >= 11 is 0. The number of nitro groups is 1. The van der Waals surface area contributed by atoms with E-state index in [9.17, 15) is 24.8 Å². The highest BCUT2D eigenvalue weighted by atomic mass is 28.4. The number of hydrogen-bond donors (Lipinski definition) is 1. The molecule has 2 fully saturated rings. The summed E-state index contributed by atoms with van der Waals surface area (Å²) in [4.78, 5) is 41.9. The van der Waals surface area contributed by atoms with Crippen molar-refractivity contribution >= 4 is 37.3 Å². The topological polar surface area (TPSA) is 113 Å². The summed E-state index contributed by atoms with van der Waals surface area (Å²) in [6.45, 7) is 5.50. The van der Waals surface area contributed by atoms with Crippen LogP contribution < -0.4 is 9.80 Å². The molecule has 3 aliphatic heterocycles. The van der Waals surface area contributed by atoms with Crippen LogP contribution in [0.3, 0.4) is 0 Å². The van der Waals surface area contributed by atoms with E-state index >= 15 is 4.11 Å². The number of ether oxygens (including phenoxy) is 1. The van der Waals surface area contributed by atoms with E-state index in [1.165, 1.54) is 12.1 Å².